The number of hydrogen-bond acceptors (Lipinski definition) is 3. The average Bonchev–Trinajstić information content (AvgIpc) is 2.75. The summed E-state index contributed by atoms with van der Waals surface area (Å²) in [5, 5.41) is 14.0. The van der Waals surface area contributed by atoms with Crippen molar-refractivity contribution in [2.45, 2.75) is 13.5 Å². The lowest BCUT2D eigenvalue weighted by atomic mass is 10.1. The number of benzene rings is 3. The summed E-state index contributed by atoms with van der Waals surface area (Å²) in [6.45, 7) is 1.97. The molecule has 0 fully saturated rings. The zero-order chi connectivity index (χ0) is 24.1. The van der Waals surface area contributed by atoms with E-state index in [0.29, 0.717) is 31.9 Å². The highest BCUT2D eigenvalue weighted by atomic mass is 35.5. The second-order valence-electron chi connectivity index (χ2n) is 6.93. The number of nitrogens with zero attached hydrogens (tertiary/aromatic N) is 1. The van der Waals surface area contributed by atoms with Crippen LogP contribution in [0.15, 0.2) is 54.1 Å². The van der Waals surface area contributed by atoms with Gasteiger partial charge in [-0.25, -0.2) is 0 Å². The van der Waals surface area contributed by atoms with E-state index in [1.165, 1.54) is 6.08 Å². The Morgan fingerprint density at radius 1 is 0.970 bits per heavy atom. The van der Waals surface area contributed by atoms with Gasteiger partial charge in [0.05, 0.1) is 10.0 Å². The molecule has 1 N–H and O–H groups in total. The van der Waals surface area contributed by atoms with Gasteiger partial charge < -0.3 is 10.1 Å². The third-order valence-corrected chi connectivity index (χ3v) is 6.07. The first-order valence-corrected chi connectivity index (χ1v) is 11.3. The van der Waals surface area contributed by atoms with Gasteiger partial charge in [0.2, 0.25) is 0 Å². The number of aryl methyl sites for hydroxylation is 1. The molecule has 0 spiro atoms. The third-order valence-electron chi connectivity index (χ3n) is 4.51. The Morgan fingerprint density at radius 3 is 2.27 bits per heavy atom. The molecular weight excluding hydrogens is 526 g/mol. The molecule has 0 atom stereocenters. The fraction of sp³-hybridized carbons (Fsp3) is 0.0833. The molecule has 33 heavy (non-hydrogen) atoms. The maximum absolute atomic E-state index is 12.5. The van der Waals surface area contributed by atoms with Gasteiger partial charge in [-0.1, -0.05) is 70.1 Å². The van der Waals surface area contributed by atoms with Crippen molar-refractivity contribution >= 4 is 75.7 Å². The van der Waals surface area contributed by atoms with Crippen LogP contribution in [0.2, 0.25) is 25.1 Å². The van der Waals surface area contributed by atoms with Crippen molar-refractivity contribution in [3.63, 3.8) is 0 Å². The van der Waals surface area contributed by atoms with Crippen LogP contribution >= 0.6 is 58.0 Å². The van der Waals surface area contributed by atoms with E-state index in [4.69, 9.17) is 62.7 Å². The smallest absolute Gasteiger partial charge is 0.266 e. The van der Waals surface area contributed by atoms with Crippen LogP contribution in [-0.4, -0.2) is 5.91 Å². The van der Waals surface area contributed by atoms with Crippen LogP contribution in [-0.2, 0) is 11.4 Å². The monoisotopic (exact) mass is 538 g/mol. The number of carbonyl (C=O) groups is 1. The molecule has 168 valence electrons. The topological polar surface area (TPSA) is 62.1 Å². The summed E-state index contributed by atoms with van der Waals surface area (Å²) in [7, 11) is 0. The number of carbonyl (C=O) groups excluding carboxylic acids is 1. The summed E-state index contributed by atoms with van der Waals surface area (Å²) in [5.74, 6) is -0.346. The van der Waals surface area contributed by atoms with Crippen LogP contribution in [0.25, 0.3) is 6.08 Å². The van der Waals surface area contributed by atoms with Gasteiger partial charge in [-0.05, 0) is 60.5 Å². The fourth-order valence-electron chi connectivity index (χ4n) is 2.77. The van der Waals surface area contributed by atoms with Crippen molar-refractivity contribution in [2.75, 3.05) is 5.32 Å². The minimum Gasteiger partial charge on any atom is -0.486 e. The highest BCUT2D eigenvalue weighted by Crippen LogP contribution is 2.36. The summed E-state index contributed by atoms with van der Waals surface area (Å²) in [5.41, 5.74) is 2.36. The van der Waals surface area contributed by atoms with Crippen molar-refractivity contribution in [3.05, 3.63) is 95.9 Å². The first-order chi connectivity index (χ1) is 15.7. The molecule has 0 aliphatic heterocycles. The van der Waals surface area contributed by atoms with Crippen LogP contribution in [0.1, 0.15) is 16.7 Å². The Labute approximate surface area is 216 Å². The van der Waals surface area contributed by atoms with Gasteiger partial charge in [0.25, 0.3) is 5.91 Å². The molecule has 0 aliphatic carbocycles. The summed E-state index contributed by atoms with van der Waals surface area (Å²) in [6, 6.07) is 15.1. The van der Waals surface area contributed by atoms with Crippen molar-refractivity contribution < 1.29 is 9.53 Å². The molecule has 3 aromatic rings. The minimum absolute atomic E-state index is 0.121. The summed E-state index contributed by atoms with van der Waals surface area (Å²) in [4.78, 5) is 12.5. The van der Waals surface area contributed by atoms with Crippen LogP contribution in [0.4, 0.5) is 5.69 Å². The summed E-state index contributed by atoms with van der Waals surface area (Å²) in [6.07, 6.45) is 1.38. The van der Waals surface area contributed by atoms with Gasteiger partial charge in [-0.3, -0.25) is 4.79 Å². The molecule has 0 radical (unpaired) electrons. The largest absolute Gasteiger partial charge is 0.486 e. The van der Waals surface area contributed by atoms with Gasteiger partial charge in [-0.2, -0.15) is 5.26 Å². The number of halogens is 5. The Balaban J connectivity index is 1.78. The second kappa shape index (κ2) is 11.2. The SMILES string of the molecule is Cc1ccc(NC(=O)/C(C#N)=C\c2cc(Cl)c(OCc3ccc(Cl)cc3Cl)c(Cl)c2)cc1Cl. The predicted octanol–water partition coefficient (Wildman–Crippen LogP) is 8.39. The van der Waals surface area contributed by atoms with Crippen LogP contribution in [0.5, 0.6) is 5.75 Å². The number of nitrogens with one attached hydrogen (secondary N) is 1. The molecular formula is C24H15Cl5N2O2. The van der Waals surface area contributed by atoms with Crippen molar-refractivity contribution in [2.24, 2.45) is 0 Å². The molecule has 9 heteroatoms. The lowest BCUT2D eigenvalue weighted by Gasteiger charge is -2.12. The fourth-order valence-corrected chi connectivity index (χ4v) is 4.03. The first kappa shape index (κ1) is 25.2. The van der Waals surface area contributed by atoms with E-state index < -0.39 is 5.91 Å². The molecule has 0 saturated carbocycles. The number of hydrogen-bond donors (Lipinski definition) is 1. The van der Waals surface area contributed by atoms with E-state index in [1.807, 2.05) is 13.0 Å². The van der Waals surface area contributed by atoms with Gasteiger partial charge in [0.15, 0.2) is 5.75 Å². The number of nitriles is 1. The zero-order valence-corrected chi connectivity index (χ0v) is 20.8. The van der Waals surface area contributed by atoms with Crippen LogP contribution in [0, 0.1) is 18.3 Å². The van der Waals surface area contributed by atoms with E-state index in [9.17, 15) is 10.1 Å². The number of ether oxygens (including phenoxy) is 1. The molecule has 0 heterocycles. The normalized spacial score (nSPS) is 11.1. The molecule has 0 bridgehead atoms. The third kappa shape index (κ3) is 6.57. The van der Waals surface area contributed by atoms with Crippen molar-refractivity contribution in [3.8, 4) is 11.8 Å². The Bertz CT molecular complexity index is 1280. The van der Waals surface area contributed by atoms with Gasteiger partial charge in [0.1, 0.15) is 18.2 Å². The van der Waals surface area contributed by atoms with Crippen LogP contribution in [0.3, 0.4) is 0 Å². The molecule has 3 rings (SSSR count). The van der Waals surface area contributed by atoms with Gasteiger partial charge in [0, 0.05) is 26.3 Å². The van der Waals surface area contributed by atoms with E-state index >= 15 is 0 Å². The maximum atomic E-state index is 12.5. The van der Waals surface area contributed by atoms with Gasteiger partial charge in [-0.15, -0.1) is 0 Å². The Hall–Kier alpha value is -2.39. The van der Waals surface area contributed by atoms with Crippen molar-refractivity contribution in [1.29, 1.82) is 5.26 Å². The van der Waals surface area contributed by atoms with Crippen molar-refractivity contribution in [1.82, 2.24) is 0 Å². The molecule has 4 nitrogen and oxygen atoms in total. The average molecular weight is 541 g/mol. The molecule has 0 aromatic heterocycles. The summed E-state index contributed by atoms with van der Waals surface area (Å²) < 4.78 is 5.74. The molecule has 3 aromatic carbocycles. The molecule has 0 unspecified atom stereocenters. The first-order valence-electron chi connectivity index (χ1n) is 9.43. The zero-order valence-electron chi connectivity index (χ0n) is 17.1. The highest BCUT2D eigenvalue weighted by Gasteiger charge is 2.14. The molecule has 1 amide bonds. The summed E-state index contributed by atoms with van der Waals surface area (Å²) >= 11 is 30.8. The van der Waals surface area contributed by atoms with E-state index in [1.54, 1.807) is 48.5 Å². The predicted molar refractivity (Wildman–Crippen MR) is 136 cm³/mol. The minimum atomic E-state index is -0.595. The Morgan fingerprint density at radius 2 is 1.67 bits per heavy atom. The van der Waals surface area contributed by atoms with E-state index in [2.05, 4.69) is 5.32 Å². The standard InChI is InChI=1S/C24H15Cl5N2O2/c1-13-2-5-18(10-19(13)26)31-24(32)16(11-30)6-14-7-21(28)23(22(29)8-14)33-12-15-3-4-17(25)9-20(15)27/h2-10H,12H2,1H3,(H,31,32)/b16-6-. The van der Waals surface area contributed by atoms with E-state index in [0.717, 1.165) is 5.56 Å². The quantitative estimate of drug-likeness (QED) is 0.252. The number of amides is 1. The number of anilines is 1. The Kier molecular flexibility index (Phi) is 8.53. The highest BCUT2D eigenvalue weighted by molar-refractivity contribution is 6.37. The van der Waals surface area contributed by atoms with Gasteiger partial charge >= 0.3 is 0 Å². The van der Waals surface area contributed by atoms with E-state index in [-0.39, 0.29) is 28.0 Å². The molecule has 0 aliphatic rings. The van der Waals surface area contributed by atoms with Crippen LogP contribution < -0.4 is 10.1 Å². The lowest BCUT2D eigenvalue weighted by molar-refractivity contribution is -0.112. The lowest BCUT2D eigenvalue weighted by Crippen LogP contribution is -2.13. The molecule has 0 saturated heterocycles. The number of rotatable bonds is 6. The second-order valence-corrected chi connectivity index (χ2v) is 8.99. The maximum Gasteiger partial charge on any atom is 0.266 e.